The molecule has 9 heteroatoms. The van der Waals surface area contributed by atoms with Crippen LogP contribution in [0.4, 0.5) is 0 Å². The zero-order chi connectivity index (χ0) is 24.4. The Morgan fingerprint density at radius 2 is 1.86 bits per heavy atom. The highest BCUT2D eigenvalue weighted by molar-refractivity contribution is 6.03. The smallest absolute Gasteiger partial charge is 0.262 e. The first-order valence-electron chi connectivity index (χ1n) is 11.8. The SMILES string of the molecule is COCCN(CC(=O)N1N=C(c2ccc(OC)cc2)CC1c1ccc2c(c1)OCO2)C(=O)C1CC1. The summed E-state index contributed by atoms with van der Waals surface area (Å²) in [6.07, 6.45) is 2.28. The normalized spacial score (nSPS) is 18.4. The van der Waals surface area contributed by atoms with Crippen molar-refractivity contribution in [3.63, 3.8) is 0 Å². The summed E-state index contributed by atoms with van der Waals surface area (Å²) in [5.41, 5.74) is 2.60. The van der Waals surface area contributed by atoms with Gasteiger partial charge in [-0.05, 0) is 60.4 Å². The fourth-order valence-electron chi connectivity index (χ4n) is 4.37. The number of benzene rings is 2. The molecule has 2 aromatic rings. The molecule has 3 aliphatic rings. The van der Waals surface area contributed by atoms with Crippen molar-refractivity contribution in [1.29, 1.82) is 0 Å². The van der Waals surface area contributed by atoms with Crippen LogP contribution in [-0.4, -0.2) is 68.1 Å². The second-order valence-electron chi connectivity index (χ2n) is 8.87. The van der Waals surface area contributed by atoms with E-state index in [1.165, 1.54) is 5.01 Å². The van der Waals surface area contributed by atoms with E-state index in [1.807, 2.05) is 42.5 Å². The molecule has 1 fully saturated rings. The highest BCUT2D eigenvalue weighted by atomic mass is 16.7. The highest BCUT2D eigenvalue weighted by Crippen LogP contribution is 2.39. The van der Waals surface area contributed by atoms with E-state index >= 15 is 0 Å². The van der Waals surface area contributed by atoms with E-state index in [0.717, 1.165) is 35.4 Å². The van der Waals surface area contributed by atoms with Crippen molar-refractivity contribution in [2.45, 2.75) is 25.3 Å². The third kappa shape index (κ3) is 4.95. The summed E-state index contributed by atoms with van der Waals surface area (Å²) in [6, 6.07) is 13.0. The first-order chi connectivity index (χ1) is 17.1. The standard InChI is InChI=1S/C26H29N3O6/c1-32-12-11-28(26(31)18-3-4-18)15-25(30)29-22(19-7-10-23-24(13-19)35-16-34-23)14-21(27-29)17-5-8-20(33-2)9-6-17/h5-10,13,18,22H,3-4,11-12,14-16H2,1-2H3. The Labute approximate surface area is 204 Å². The van der Waals surface area contributed by atoms with Gasteiger partial charge in [0.1, 0.15) is 12.3 Å². The average Bonchev–Trinajstić information content (AvgIpc) is 3.46. The van der Waals surface area contributed by atoms with Gasteiger partial charge in [-0.1, -0.05) is 6.07 Å². The van der Waals surface area contributed by atoms with Gasteiger partial charge < -0.3 is 23.8 Å². The van der Waals surface area contributed by atoms with Crippen LogP contribution >= 0.6 is 0 Å². The van der Waals surface area contributed by atoms with Crippen molar-refractivity contribution in [3.8, 4) is 17.2 Å². The molecule has 1 saturated carbocycles. The van der Waals surface area contributed by atoms with Crippen LogP contribution < -0.4 is 14.2 Å². The van der Waals surface area contributed by atoms with Crippen molar-refractivity contribution in [1.82, 2.24) is 9.91 Å². The van der Waals surface area contributed by atoms with E-state index in [2.05, 4.69) is 0 Å². The molecule has 1 unspecified atom stereocenters. The van der Waals surface area contributed by atoms with E-state index < -0.39 is 0 Å². The summed E-state index contributed by atoms with van der Waals surface area (Å²) in [6.45, 7) is 0.878. The molecule has 1 atom stereocenters. The van der Waals surface area contributed by atoms with Gasteiger partial charge in [0.2, 0.25) is 12.7 Å². The average molecular weight is 480 g/mol. The Bertz CT molecular complexity index is 1130. The van der Waals surface area contributed by atoms with Gasteiger partial charge in [0, 0.05) is 26.0 Å². The van der Waals surface area contributed by atoms with Gasteiger partial charge in [-0.3, -0.25) is 9.59 Å². The van der Waals surface area contributed by atoms with Gasteiger partial charge in [-0.25, -0.2) is 5.01 Å². The third-order valence-corrected chi connectivity index (χ3v) is 6.50. The molecule has 5 rings (SSSR count). The Morgan fingerprint density at radius 3 is 2.57 bits per heavy atom. The van der Waals surface area contributed by atoms with Crippen LogP contribution in [-0.2, 0) is 14.3 Å². The van der Waals surface area contributed by atoms with E-state index in [9.17, 15) is 9.59 Å². The molecule has 1 aliphatic carbocycles. The van der Waals surface area contributed by atoms with Gasteiger partial charge in [-0.15, -0.1) is 0 Å². The predicted octanol–water partition coefficient (Wildman–Crippen LogP) is 2.99. The number of amides is 2. The van der Waals surface area contributed by atoms with Crippen molar-refractivity contribution >= 4 is 17.5 Å². The second kappa shape index (κ2) is 9.95. The molecule has 35 heavy (non-hydrogen) atoms. The molecule has 0 spiro atoms. The van der Waals surface area contributed by atoms with Gasteiger partial charge in [-0.2, -0.15) is 5.10 Å². The first-order valence-corrected chi connectivity index (χ1v) is 11.8. The lowest BCUT2D eigenvalue weighted by Gasteiger charge is -2.27. The fraction of sp³-hybridized carbons (Fsp3) is 0.423. The summed E-state index contributed by atoms with van der Waals surface area (Å²) >= 11 is 0. The fourth-order valence-corrected chi connectivity index (χ4v) is 4.37. The molecule has 0 bridgehead atoms. The predicted molar refractivity (Wildman–Crippen MR) is 127 cm³/mol. The van der Waals surface area contributed by atoms with E-state index in [0.29, 0.717) is 31.1 Å². The maximum absolute atomic E-state index is 13.6. The number of rotatable bonds is 9. The molecule has 2 heterocycles. The molecule has 0 saturated heterocycles. The minimum Gasteiger partial charge on any atom is -0.497 e. The molecule has 2 aromatic carbocycles. The first kappa shape index (κ1) is 23.2. The summed E-state index contributed by atoms with van der Waals surface area (Å²) in [5, 5.41) is 6.25. The summed E-state index contributed by atoms with van der Waals surface area (Å²) in [5.74, 6) is 1.87. The van der Waals surface area contributed by atoms with Crippen molar-refractivity contribution in [2.75, 3.05) is 40.7 Å². The second-order valence-corrected chi connectivity index (χ2v) is 8.87. The van der Waals surface area contributed by atoms with E-state index in [4.69, 9.17) is 24.0 Å². The molecule has 184 valence electrons. The lowest BCUT2D eigenvalue weighted by molar-refractivity contribution is -0.142. The Morgan fingerprint density at radius 1 is 1.09 bits per heavy atom. The lowest BCUT2D eigenvalue weighted by atomic mass is 9.98. The number of hydrazone groups is 1. The maximum atomic E-state index is 13.6. The number of methoxy groups -OCH3 is 2. The van der Waals surface area contributed by atoms with E-state index in [-0.39, 0.29) is 37.1 Å². The minimum absolute atomic E-state index is 0.00795. The van der Waals surface area contributed by atoms with Crippen molar-refractivity contribution in [2.24, 2.45) is 11.0 Å². The van der Waals surface area contributed by atoms with Crippen LogP contribution in [0.1, 0.15) is 36.4 Å². The van der Waals surface area contributed by atoms with Crippen LogP contribution in [0.15, 0.2) is 47.6 Å². The van der Waals surface area contributed by atoms with Crippen LogP contribution in [0.5, 0.6) is 17.2 Å². The molecular formula is C26H29N3O6. The number of nitrogens with zero attached hydrogens (tertiary/aromatic N) is 3. The highest BCUT2D eigenvalue weighted by Gasteiger charge is 2.38. The van der Waals surface area contributed by atoms with Crippen molar-refractivity contribution < 1.29 is 28.5 Å². The molecule has 0 aromatic heterocycles. The Kier molecular flexibility index (Phi) is 6.59. The molecule has 2 aliphatic heterocycles. The number of hydrogen-bond acceptors (Lipinski definition) is 7. The zero-order valence-corrected chi connectivity index (χ0v) is 19.9. The van der Waals surface area contributed by atoms with Crippen LogP contribution in [0.3, 0.4) is 0 Å². The summed E-state index contributed by atoms with van der Waals surface area (Å²) in [4.78, 5) is 28.0. The Hall–Kier alpha value is -3.59. The van der Waals surface area contributed by atoms with Gasteiger partial charge in [0.25, 0.3) is 5.91 Å². The van der Waals surface area contributed by atoms with Gasteiger partial charge in [0.15, 0.2) is 11.5 Å². The van der Waals surface area contributed by atoms with E-state index in [1.54, 1.807) is 19.1 Å². The number of ether oxygens (including phenoxy) is 4. The monoisotopic (exact) mass is 479 g/mol. The zero-order valence-electron chi connectivity index (χ0n) is 19.9. The molecule has 2 amide bonds. The largest absolute Gasteiger partial charge is 0.497 e. The number of fused-ring (bicyclic) bond motifs is 1. The Balaban J connectivity index is 1.42. The van der Waals surface area contributed by atoms with Crippen LogP contribution in [0.25, 0.3) is 0 Å². The number of hydrogen-bond donors (Lipinski definition) is 0. The quantitative estimate of drug-likeness (QED) is 0.549. The molecule has 0 radical (unpaired) electrons. The number of carbonyl (C=O) groups is 2. The van der Waals surface area contributed by atoms with Gasteiger partial charge >= 0.3 is 0 Å². The molecule has 0 N–H and O–H groups in total. The van der Waals surface area contributed by atoms with Crippen LogP contribution in [0, 0.1) is 5.92 Å². The lowest BCUT2D eigenvalue weighted by Crippen LogP contribution is -2.43. The molecular weight excluding hydrogens is 450 g/mol. The molecule has 9 nitrogen and oxygen atoms in total. The number of carbonyl (C=O) groups excluding carboxylic acids is 2. The summed E-state index contributed by atoms with van der Waals surface area (Å²) in [7, 11) is 3.21. The maximum Gasteiger partial charge on any atom is 0.262 e. The summed E-state index contributed by atoms with van der Waals surface area (Å²) < 4.78 is 21.5. The minimum atomic E-state index is -0.325. The third-order valence-electron chi connectivity index (χ3n) is 6.50. The van der Waals surface area contributed by atoms with Crippen molar-refractivity contribution in [3.05, 3.63) is 53.6 Å². The topological polar surface area (TPSA) is 89.9 Å². The van der Waals surface area contributed by atoms with Crippen LogP contribution in [0.2, 0.25) is 0 Å². The van der Waals surface area contributed by atoms with Gasteiger partial charge in [0.05, 0.1) is 25.5 Å².